The van der Waals surface area contributed by atoms with Crippen molar-refractivity contribution in [1.29, 1.82) is 0 Å². The van der Waals surface area contributed by atoms with Gasteiger partial charge in [0, 0.05) is 19.6 Å². The fraction of sp³-hybridized carbons (Fsp3) is 1.00. The number of rotatable bonds is 5. The fourth-order valence-corrected chi connectivity index (χ4v) is 2.97. The van der Waals surface area contributed by atoms with Crippen LogP contribution in [0.2, 0.25) is 0 Å². The summed E-state index contributed by atoms with van der Waals surface area (Å²) in [5, 5.41) is 8.91. The van der Waals surface area contributed by atoms with Crippen molar-refractivity contribution >= 4 is 0 Å². The summed E-state index contributed by atoms with van der Waals surface area (Å²) in [5.74, 6) is 0.265. The van der Waals surface area contributed by atoms with Crippen LogP contribution in [0.25, 0.3) is 0 Å². The topological polar surface area (TPSA) is 41.9 Å². The third-order valence-electron chi connectivity index (χ3n) is 3.92. The zero-order chi connectivity index (χ0) is 12.3. The van der Waals surface area contributed by atoms with E-state index in [0.717, 1.165) is 13.0 Å². The third kappa shape index (κ3) is 3.41. The Morgan fingerprint density at radius 3 is 2.94 bits per heavy atom. The zero-order valence-electron chi connectivity index (χ0n) is 11.0. The molecule has 0 aromatic rings. The lowest BCUT2D eigenvalue weighted by molar-refractivity contribution is -0.166. The lowest BCUT2D eigenvalue weighted by Crippen LogP contribution is -2.31. The van der Waals surface area contributed by atoms with Crippen LogP contribution in [0.15, 0.2) is 0 Å². The quantitative estimate of drug-likeness (QED) is 0.788. The summed E-state index contributed by atoms with van der Waals surface area (Å²) in [5.41, 5.74) is 0. The van der Waals surface area contributed by atoms with Gasteiger partial charge in [0.05, 0.1) is 12.7 Å². The maximum Gasteiger partial charge on any atom is 0.166 e. The van der Waals surface area contributed by atoms with Crippen molar-refractivity contribution in [2.24, 2.45) is 5.92 Å². The molecule has 2 fully saturated rings. The SMILES string of the molecule is CCN1CCC(CC2(C)OCC(CCO)O2)C1. The average Bonchev–Trinajstić information content (AvgIpc) is 2.87. The van der Waals surface area contributed by atoms with Crippen LogP contribution in [0.3, 0.4) is 0 Å². The summed E-state index contributed by atoms with van der Waals surface area (Å²) in [6, 6.07) is 0. The largest absolute Gasteiger partial charge is 0.396 e. The van der Waals surface area contributed by atoms with Gasteiger partial charge in [-0.05, 0) is 38.8 Å². The highest BCUT2D eigenvalue weighted by Gasteiger charge is 2.39. The van der Waals surface area contributed by atoms with E-state index in [1.54, 1.807) is 0 Å². The molecule has 0 aliphatic carbocycles. The molecule has 0 bridgehead atoms. The maximum absolute atomic E-state index is 8.91. The Labute approximate surface area is 104 Å². The Kier molecular flexibility index (Phi) is 4.42. The minimum absolute atomic E-state index is 0.0775. The molecule has 2 aliphatic heterocycles. The van der Waals surface area contributed by atoms with Gasteiger partial charge in [-0.25, -0.2) is 0 Å². The normalized spacial score (nSPS) is 39.0. The van der Waals surface area contributed by atoms with Crippen LogP contribution in [0.4, 0.5) is 0 Å². The molecule has 0 amide bonds. The summed E-state index contributed by atoms with van der Waals surface area (Å²) in [6.45, 7) is 8.57. The van der Waals surface area contributed by atoms with Crippen LogP contribution in [0.1, 0.15) is 33.1 Å². The molecule has 3 unspecified atom stereocenters. The highest BCUT2D eigenvalue weighted by Crippen LogP contribution is 2.34. The van der Waals surface area contributed by atoms with E-state index < -0.39 is 5.79 Å². The van der Waals surface area contributed by atoms with Crippen molar-refractivity contribution in [1.82, 2.24) is 4.90 Å². The average molecular weight is 243 g/mol. The molecule has 100 valence electrons. The summed E-state index contributed by atoms with van der Waals surface area (Å²) in [7, 11) is 0. The molecule has 0 aromatic carbocycles. The van der Waals surface area contributed by atoms with E-state index in [0.29, 0.717) is 18.9 Å². The van der Waals surface area contributed by atoms with Gasteiger partial charge in [0.25, 0.3) is 0 Å². The molecule has 0 spiro atoms. The number of aliphatic hydroxyl groups is 1. The van der Waals surface area contributed by atoms with Gasteiger partial charge in [0.2, 0.25) is 0 Å². The highest BCUT2D eigenvalue weighted by molar-refractivity contribution is 4.83. The molecule has 3 atom stereocenters. The first-order valence-corrected chi connectivity index (χ1v) is 6.80. The van der Waals surface area contributed by atoms with Crippen LogP contribution in [0.5, 0.6) is 0 Å². The number of hydrogen-bond donors (Lipinski definition) is 1. The van der Waals surface area contributed by atoms with Crippen LogP contribution in [-0.4, -0.2) is 54.7 Å². The molecule has 4 nitrogen and oxygen atoms in total. The van der Waals surface area contributed by atoms with E-state index in [1.165, 1.54) is 19.5 Å². The van der Waals surface area contributed by atoms with E-state index in [4.69, 9.17) is 14.6 Å². The minimum Gasteiger partial charge on any atom is -0.396 e. The monoisotopic (exact) mass is 243 g/mol. The van der Waals surface area contributed by atoms with Gasteiger partial charge in [-0.1, -0.05) is 6.92 Å². The van der Waals surface area contributed by atoms with E-state index in [1.807, 2.05) is 6.92 Å². The smallest absolute Gasteiger partial charge is 0.166 e. The molecule has 2 rings (SSSR count). The molecule has 2 aliphatic rings. The highest BCUT2D eigenvalue weighted by atomic mass is 16.7. The minimum atomic E-state index is -0.422. The Bertz CT molecular complexity index is 249. The molecule has 2 saturated heterocycles. The first kappa shape index (κ1) is 13.3. The maximum atomic E-state index is 8.91. The van der Waals surface area contributed by atoms with Crippen LogP contribution < -0.4 is 0 Å². The Morgan fingerprint density at radius 2 is 2.29 bits per heavy atom. The molecule has 1 N–H and O–H groups in total. The Balaban J connectivity index is 1.79. The number of nitrogens with zero attached hydrogens (tertiary/aromatic N) is 1. The predicted molar refractivity (Wildman–Crippen MR) is 65.8 cm³/mol. The molecule has 2 heterocycles. The molecule has 0 radical (unpaired) electrons. The van der Waals surface area contributed by atoms with E-state index in [2.05, 4.69) is 11.8 Å². The first-order chi connectivity index (χ1) is 8.15. The molecule has 4 heteroatoms. The zero-order valence-corrected chi connectivity index (χ0v) is 11.0. The van der Waals surface area contributed by atoms with E-state index in [-0.39, 0.29) is 12.7 Å². The van der Waals surface area contributed by atoms with Gasteiger partial charge in [0.15, 0.2) is 5.79 Å². The molecule has 0 aromatic heterocycles. The number of aliphatic hydroxyl groups excluding tert-OH is 1. The van der Waals surface area contributed by atoms with Gasteiger partial charge < -0.3 is 19.5 Å². The molecule has 0 saturated carbocycles. The summed E-state index contributed by atoms with van der Waals surface area (Å²) in [6.07, 6.45) is 2.99. The van der Waals surface area contributed by atoms with E-state index >= 15 is 0 Å². The van der Waals surface area contributed by atoms with E-state index in [9.17, 15) is 0 Å². The second kappa shape index (κ2) is 5.65. The van der Waals surface area contributed by atoms with Crippen LogP contribution >= 0.6 is 0 Å². The van der Waals surface area contributed by atoms with Gasteiger partial charge in [-0.2, -0.15) is 0 Å². The fourth-order valence-electron chi connectivity index (χ4n) is 2.97. The number of likely N-dealkylation sites (tertiary alicyclic amines) is 1. The molecular formula is C13H25NO3. The van der Waals surface area contributed by atoms with Crippen molar-refractivity contribution < 1.29 is 14.6 Å². The summed E-state index contributed by atoms with van der Waals surface area (Å²) in [4.78, 5) is 2.48. The van der Waals surface area contributed by atoms with Gasteiger partial charge in [0.1, 0.15) is 0 Å². The van der Waals surface area contributed by atoms with Crippen molar-refractivity contribution in [2.75, 3.05) is 32.8 Å². The Morgan fingerprint density at radius 1 is 1.47 bits per heavy atom. The van der Waals surface area contributed by atoms with Crippen molar-refractivity contribution in [3.05, 3.63) is 0 Å². The molecule has 17 heavy (non-hydrogen) atoms. The molecular weight excluding hydrogens is 218 g/mol. The predicted octanol–water partition coefficient (Wildman–Crippen LogP) is 1.23. The second-order valence-corrected chi connectivity index (χ2v) is 5.45. The summed E-state index contributed by atoms with van der Waals surface area (Å²) < 4.78 is 11.7. The number of ether oxygens (including phenoxy) is 2. The van der Waals surface area contributed by atoms with Gasteiger partial charge >= 0.3 is 0 Å². The standard InChI is InChI=1S/C13H25NO3/c1-3-14-6-4-11(9-14)8-13(2)16-10-12(17-13)5-7-15/h11-12,15H,3-10H2,1-2H3. The van der Waals surface area contributed by atoms with Crippen molar-refractivity contribution in [2.45, 2.75) is 45.0 Å². The van der Waals surface area contributed by atoms with Crippen molar-refractivity contribution in [3.63, 3.8) is 0 Å². The lowest BCUT2D eigenvalue weighted by atomic mass is 9.99. The Hall–Kier alpha value is -0.160. The summed E-state index contributed by atoms with van der Waals surface area (Å²) >= 11 is 0. The van der Waals surface area contributed by atoms with Crippen LogP contribution in [-0.2, 0) is 9.47 Å². The third-order valence-corrected chi connectivity index (χ3v) is 3.92. The van der Waals surface area contributed by atoms with Crippen LogP contribution in [0, 0.1) is 5.92 Å². The first-order valence-electron chi connectivity index (χ1n) is 6.80. The second-order valence-electron chi connectivity index (χ2n) is 5.45. The number of hydrogen-bond acceptors (Lipinski definition) is 4. The van der Waals surface area contributed by atoms with Crippen molar-refractivity contribution in [3.8, 4) is 0 Å². The van der Waals surface area contributed by atoms with Gasteiger partial charge in [-0.15, -0.1) is 0 Å². The van der Waals surface area contributed by atoms with Gasteiger partial charge in [-0.3, -0.25) is 0 Å². The lowest BCUT2D eigenvalue weighted by Gasteiger charge is -2.26.